The molecule has 0 bridgehead atoms. The van der Waals surface area contributed by atoms with Gasteiger partial charge in [-0.05, 0) is 48.9 Å². The third-order valence-electron chi connectivity index (χ3n) is 4.05. The zero-order valence-electron chi connectivity index (χ0n) is 15.9. The van der Waals surface area contributed by atoms with E-state index in [-0.39, 0.29) is 5.91 Å². The van der Waals surface area contributed by atoms with Crippen molar-refractivity contribution in [3.05, 3.63) is 65.5 Å². The van der Waals surface area contributed by atoms with Gasteiger partial charge in [-0.3, -0.25) is 9.59 Å². The summed E-state index contributed by atoms with van der Waals surface area (Å²) in [6, 6.07) is 13.9. The number of hydrogen-bond acceptors (Lipinski definition) is 7. The SMILES string of the molecule is COc1ccc(Cc2nnc(S[C@@H](C)C(=O)Nc3ccc(C(N)=O)cc3)o2)cc1. The Hall–Kier alpha value is -3.33. The highest BCUT2D eigenvalue weighted by Crippen LogP contribution is 2.24. The first-order valence-electron chi connectivity index (χ1n) is 8.77. The van der Waals surface area contributed by atoms with Gasteiger partial charge in [-0.2, -0.15) is 0 Å². The van der Waals surface area contributed by atoms with E-state index >= 15 is 0 Å². The Bertz CT molecular complexity index is 986. The van der Waals surface area contributed by atoms with Gasteiger partial charge in [-0.25, -0.2) is 0 Å². The Balaban J connectivity index is 1.55. The summed E-state index contributed by atoms with van der Waals surface area (Å²) in [5, 5.41) is 10.7. The van der Waals surface area contributed by atoms with E-state index in [1.807, 2.05) is 24.3 Å². The second-order valence-electron chi connectivity index (χ2n) is 6.18. The number of benzene rings is 2. The van der Waals surface area contributed by atoms with Crippen LogP contribution >= 0.6 is 11.8 Å². The van der Waals surface area contributed by atoms with Crippen molar-refractivity contribution in [2.75, 3.05) is 12.4 Å². The van der Waals surface area contributed by atoms with Crippen LogP contribution in [0, 0.1) is 0 Å². The Labute approximate surface area is 171 Å². The highest BCUT2D eigenvalue weighted by Gasteiger charge is 2.19. The predicted molar refractivity (Wildman–Crippen MR) is 109 cm³/mol. The molecule has 0 unspecified atom stereocenters. The van der Waals surface area contributed by atoms with E-state index < -0.39 is 11.2 Å². The monoisotopic (exact) mass is 412 g/mol. The van der Waals surface area contributed by atoms with E-state index in [4.69, 9.17) is 14.9 Å². The fourth-order valence-corrected chi connectivity index (χ4v) is 3.14. The van der Waals surface area contributed by atoms with Crippen LogP contribution in [0.2, 0.25) is 0 Å². The Kier molecular flexibility index (Phi) is 6.50. The maximum atomic E-state index is 12.4. The van der Waals surface area contributed by atoms with Crippen molar-refractivity contribution in [3.63, 3.8) is 0 Å². The molecule has 150 valence electrons. The van der Waals surface area contributed by atoms with Gasteiger partial charge in [0.05, 0.1) is 18.8 Å². The van der Waals surface area contributed by atoms with Gasteiger partial charge in [0, 0.05) is 11.3 Å². The number of amides is 2. The Morgan fingerprint density at radius 2 is 1.83 bits per heavy atom. The summed E-state index contributed by atoms with van der Waals surface area (Å²) in [6.45, 7) is 1.74. The molecule has 1 aromatic heterocycles. The molecule has 0 fully saturated rings. The maximum Gasteiger partial charge on any atom is 0.277 e. The zero-order valence-corrected chi connectivity index (χ0v) is 16.7. The fourth-order valence-electron chi connectivity index (χ4n) is 2.44. The number of rotatable bonds is 8. The first kappa shape index (κ1) is 20.4. The molecule has 3 aromatic rings. The smallest absolute Gasteiger partial charge is 0.277 e. The largest absolute Gasteiger partial charge is 0.497 e. The van der Waals surface area contributed by atoms with Crippen molar-refractivity contribution in [3.8, 4) is 5.75 Å². The lowest BCUT2D eigenvalue weighted by atomic mass is 10.1. The molecule has 3 rings (SSSR count). The molecule has 2 amide bonds. The van der Waals surface area contributed by atoms with Crippen molar-refractivity contribution in [2.24, 2.45) is 5.73 Å². The van der Waals surface area contributed by atoms with Crippen LogP contribution < -0.4 is 15.8 Å². The van der Waals surface area contributed by atoms with E-state index in [0.29, 0.717) is 28.8 Å². The molecule has 3 N–H and O–H groups in total. The van der Waals surface area contributed by atoms with Crippen LogP contribution in [0.3, 0.4) is 0 Å². The van der Waals surface area contributed by atoms with Crippen molar-refractivity contribution in [1.82, 2.24) is 10.2 Å². The predicted octanol–water partition coefficient (Wildman–Crippen LogP) is 2.89. The average Bonchev–Trinajstić information content (AvgIpc) is 3.15. The van der Waals surface area contributed by atoms with Gasteiger partial charge in [0.2, 0.25) is 17.7 Å². The number of primary amides is 1. The summed E-state index contributed by atoms with van der Waals surface area (Å²) >= 11 is 1.17. The van der Waals surface area contributed by atoms with Crippen LogP contribution in [0.25, 0.3) is 0 Å². The third-order valence-corrected chi connectivity index (χ3v) is 4.98. The number of thioether (sulfide) groups is 1. The molecule has 0 radical (unpaired) electrons. The number of nitrogens with one attached hydrogen (secondary N) is 1. The first-order chi connectivity index (χ1) is 13.9. The highest BCUT2D eigenvalue weighted by molar-refractivity contribution is 8.00. The van der Waals surface area contributed by atoms with Crippen LogP contribution in [0.1, 0.15) is 28.7 Å². The van der Waals surface area contributed by atoms with Gasteiger partial charge in [0.15, 0.2) is 0 Å². The molecule has 9 heteroatoms. The van der Waals surface area contributed by atoms with Crippen molar-refractivity contribution >= 4 is 29.3 Å². The molecule has 8 nitrogen and oxygen atoms in total. The van der Waals surface area contributed by atoms with Crippen LogP contribution in [0.5, 0.6) is 5.75 Å². The highest BCUT2D eigenvalue weighted by atomic mass is 32.2. The molecular formula is C20H20N4O4S. The fraction of sp³-hybridized carbons (Fsp3) is 0.200. The van der Waals surface area contributed by atoms with Gasteiger partial charge in [-0.15, -0.1) is 10.2 Å². The quantitative estimate of drug-likeness (QED) is 0.546. The summed E-state index contributed by atoms with van der Waals surface area (Å²) in [4.78, 5) is 23.5. The third kappa shape index (κ3) is 5.58. The topological polar surface area (TPSA) is 120 Å². The van der Waals surface area contributed by atoms with Crippen LogP contribution in [-0.4, -0.2) is 34.4 Å². The van der Waals surface area contributed by atoms with Gasteiger partial charge in [0.1, 0.15) is 5.75 Å². The van der Waals surface area contributed by atoms with Crippen LogP contribution in [0.4, 0.5) is 5.69 Å². The molecule has 0 saturated heterocycles. The number of aromatic nitrogens is 2. The average molecular weight is 412 g/mol. The maximum absolute atomic E-state index is 12.4. The van der Waals surface area contributed by atoms with Gasteiger partial charge in [0.25, 0.3) is 5.22 Å². The number of carbonyl (C=O) groups is 2. The van der Waals surface area contributed by atoms with E-state index in [1.165, 1.54) is 11.8 Å². The van der Waals surface area contributed by atoms with Crippen molar-refractivity contribution < 1.29 is 18.7 Å². The van der Waals surface area contributed by atoms with Gasteiger partial charge >= 0.3 is 0 Å². The van der Waals surface area contributed by atoms with Gasteiger partial charge in [-0.1, -0.05) is 23.9 Å². The van der Waals surface area contributed by atoms with Crippen molar-refractivity contribution in [1.29, 1.82) is 0 Å². The summed E-state index contributed by atoms with van der Waals surface area (Å²) in [6.07, 6.45) is 0.490. The Morgan fingerprint density at radius 3 is 2.45 bits per heavy atom. The summed E-state index contributed by atoms with van der Waals surface area (Å²) in [5.74, 6) is 0.498. The minimum atomic E-state index is -0.520. The van der Waals surface area contributed by atoms with E-state index in [9.17, 15) is 9.59 Å². The van der Waals surface area contributed by atoms with Crippen LogP contribution in [0.15, 0.2) is 58.2 Å². The molecule has 0 saturated carbocycles. The van der Waals surface area contributed by atoms with Crippen molar-refractivity contribution in [2.45, 2.75) is 23.8 Å². The molecule has 1 atom stereocenters. The summed E-state index contributed by atoms with van der Waals surface area (Å²) in [7, 11) is 1.62. The number of nitrogens with two attached hydrogens (primary N) is 1. The summed E-state index contributed by atoms with van der Waals surface area (Å²) in [5.41, 5.74) is 7.16. The molecule has 0 aliphatic rings. The second-order valence-corrected chi connectivity index (χ2v) is 7.47. The molecule has 0 aliphatic carbocycles. The number of nitrogens with zero attached hydrogens (tertiary/aromatic N) is 2. The zero-order chi connectivity index (χ0) is 20.8. The first-order valence-corrected chi connectivity index (χ1v) is 9.65. The number of methoxy groups -OCH3 is 1. The standard InChI is InChI=1S/C20H20N4O4S/c1-12(19(26)22-15-7-5-14(6-8-15)18(21)25)29-20-24-23-17(28-20)11-13-3-9-16(27-2)10-4-13/h3-10,12H,11H2,1-2H3,(H2,21,25)(H,22,26)/t12-/m0/s1. The molecule has 2 aromatic carbocycles. The van der Waals surface area contributed by atoms with Gasteiger partial charge < -0.3 is 20.2 Å². The second kappa shape index (κ2) is 9.24. The number of ether oxygens (including phenoxy) is 1. The summed E-state index contributed by atoms with van der Waals surface area (Å²) < 4.78 is 10.8. The molecule has 0 aliphatic heterocycles. The minimum Gasteiger partial charge on any atom is -0.497 e. The minimum absolute atomic E-state index is 0.225. The number of hydrogen-bond donors (Lipinski definition) is 2. The van der Waals surface area contributed by atoms with Crippen LogP contribution in [-0.2, 0) is 11.2 Å². The lowest BCUT2D eigenvalue weighted by Crippen LogP contribution is -2.22. The lowest BCUT2D eigenvalue weighted by molar-refractivity contribution is -0.115. The molecule has 29 heavy (non-hydrogen) atoms. The Morgan fingerprint density at radius 1 is 1.14 bits per heavy atom. The van der Waals surface area contributed by atoms with E-state index in [2.05, 4.69) is 15.5 Å². The molecule has 1 heterocycles. The number of carbonyl (C=O) groups excluding carboxylic acids is 2. The normalized spacial score (nSPS) is 11.7. The van der Waals surface area contributed by atoms with E-state index in [1.54, 1.807) is 38.3 Å². The van der Waals surface area contributed by atoms with E-state index in [0.717, 1.165) is 11.3 Å². The molecule has 0 spiro atoms. The molecular weight excluding hydrogens is 392 g/mol. The number of anilines is 1. The lowest BCUT2D eigenvalue weighted by Gasteiger charge is -2.10.